The third-order valence-electron chi connectivity index (χ3n) is 3.33. The Balaban J connectivity index is 2.68. The number of nitrogens with one attached hydrogen (secondary N) is 1. The molecule has 2 atom stereocenters. The second-order valence-corrected chi connectivity index (χ2v) is 5.86. The summed E-state index contributed by atoms with van der Waals surface area (Å²) in [7, 11) is 0. The second kappa shape index (κ2) is 7.87. The van der Waals surface area contributed by atoms with Crippen LogP contribution >= 0.6 is 0 Å². The summed E-state index contributed by atoms with van der Waals surface area (Å²) in [6.07, 6.45) is 0.255. The molecule has 22 heavy (non-hydrogen) atoms. The average Bonchev–Trinajstić information content (AvgIpc) is 2.36. The van der Waals surface area contributed by atoms with Gasteiger partial charge in [0.05, 0.1) is 0 Å². The number of hydrogen-bond acceptors (Lipinski definition) is 2. The lowest BCUT2D eigenvalue weighted by atomic mass is 9.96. The summed E-state index contributed by atoms with van der Waals surface area (Å²) in [5.41, 5.74) is 0.229. The molecule has 0 spiro atoms. The molecule has 1 rings (SSSR count). The molecule has 0 saturated heterocycles. The van der Waals surface area contributed by atoms with Gasteiger partial charge in [-0.3, -0.25) is 4.79 Å². The molecule has 0 aromatic heterocycles. The Morgan fingerprint density at radius 1 is 1.23 bits per heavy atom. The largest absolute Gasteiger partial charge is 0.480 e. The maximum atomic E-state index is 13.6. The molecule has 6 heteroatoms. The molecule has 0 aliphatic rings. The van der Waals surface area contributed by atoms with Gasteiger partial charge in [0.15, 0.2) is 0 Å². The molecule has 0 radical (unpaired) electrons. The number of carboxylic acid groups (broad SMARTS) is 1. The fourth-order valence-corrected chi connectivity index (χ4v) is 2.24. The number of benzene rings is 1. The minimum Gasteiger partial charge on any atom is -0.480 e. The van der Waals surface area contributed by atoms with E-state index in [2.05, 4.69) is 5.32 Å². The van der Waals surface area contributed by atoms with Gasteiger partial charge in [-0.1, -0.05) is 26.8 Å². The molecule has 2 unspecified atom stereocenters. The molecule has 1 amide bonds. The number of halogens is 2. The first-order valence-electron chi connectivity index (χ1n) is 7.17. The van der Waals surface area contributed by atoms with Crippen LogP contribution in [0.1, 0.15) is 45.1 Å². The molecule has 4 nitrogen and oxygen atoms in total. The van der Waals surface area contributed by atoms with Crippen LogP contribution in [0.5, 0.6) is 0 Å². The van der Waals surface area contributed by atoms with Crippen LogP contribution in [-0.4, -0.2) is 23.0 Å². The first-order valence-corrected chi connectivity index (χ1v) is 7.17. The molecule has 0 heterocycles. The Labute approximate surface area is 128 Å². The molecule has 1 aromatic carbocycles. The van der Waals surface area contributed by atoms with Crippen molar-refractivity contribution >= 4 is 11.9 Å². The van der Waals surface area contributed by atoms with Gasteiger partial charge in [-0.05, 0) is 29.9 Å². The van der Waals surface area contributed by atoms with Crippen LogP contribution in [0.2, 0.25) is 0 Å². The van der Waals surface area contributed by atoms with Crippen molar-refractivity contribution in [2.45, 2.75) is 45.6 Å². The summed E-state index contributed by atoms with van der Waals surface area (Å²) in [6.45, 7) is 5.35. The van der Waals surface area contributed by atoms with E-state index in [-0.39, 0.29) is 17.9 Å². The van der Waals surface area contributed by atoms with Crippen LogP contribution in [0.4, 0.5) is 8.78 Å². The summed E-state index contributed by atoms with van der Waals surface area (Å²) in [5.74, 6) is -3.31. The molecule has 0 aliphatic carbocycles. The number of carboxylic acids is 1. The molecule has 0 aliphatic heterocycles. The minimum absolute atomic E-state index is 0.0651. The van der Waals surface area contributed by atoms with E-state index in [0.717, 1.165) is 12.1 Å². The van der Waals surface area contributed by atoms with Gasteiger partial charge in [0.25, 0.3) is 0 Å². The van der Waals surface area contributed by atoms with Gasteiger partial charge in [-0.25, -0.2) is 13.6 Å². The average molecular weight is 313 g/mol. The smallest absolute Gasteiger partial charge is 0.326 e. The number of amides is 1. The molecular weight excluding hydrogens is 292 g/mol. The van der Waals surface area contributed by atoms with Gasteiger partial charge < -0.3 is 10.4 Å². The quantitative estimate of drug-likeness (QED) is 0.813. The van der Waals surface area contributed by atoms with Crippen molar-refractivity contribution in [3.8, 4) is 0 Å². The van der Waals surface area contributed by atoms with Gasteiger partial charge in [-0.15, -0.1) is 0 Å². The predicted octanol–water partition coefficient (Wildman–Crippen LogP) is 3.07. The highest BCUT2D eigenvalue weighted by Crippen LogP contribution is 2.22. The number of aliphatic carboxylic acids is 1. The molecule has 2 N–H and O–H groups in total. The highest BCUT2D eigenvalue weighted by molar-refractivity contribution is 5.83. The van der Waals surface area contributed by atoms with Gasteiger partial charge >= 0.3 is 5.97 Å². The number of hydrogen-bond donors (Lipinski definition) is 2. The van der Waals surface area contributed by atoms with Crippen LogP contribution < -0.4 is 5.32 Å². The fourth-order valence-electron chi connectivity index (χ4n) is 2.24. The SMILES string of the molecule is CC(C)CC(NC(=O)CC(C)c1ccc(F)cc1F)C(=O)O. The summed E-state index contributed by atoms with van der Waals surface area (Å²) in [6, 6.07) is 2.23. The number of carbonyl (C=O) groups is 2. The zero-order chi connectivity index (χ0) is 16.9. The topological polar surface area (TPSA) is 66.4 Å². The third kappa shape index (κ3) is 5.42. The van der Waals surface area contributed by atoms with Crippen molar-refractivity contribution in [2.75, 3.05) is 0 Å². The van der Waals surface area contributed by atoms with Gasteiger partial charge in [0.2, 0.25) is 5.91 Å². The van der Waals surface area contributed by atoms with Crippen LogP contribution in [0.15, 0.2) is 18.2 Å². The van der Waals surface area contributed by atoms with Crippen molar-refractivity contribution < 1.29 is 23.5 Å². The first-order chi connectivity index (χ1) is 10.2. The summed E-state index contributed by atoms with van der Waals surface area (Å²) < 4.78 is 26.5. The van der Waals surface area contributed by atoms with E-state index in [4.69, 9.17) is 5.11 Å². The van der Waals surface area contributed by atoms with Crippen LogP contribution in [0.25, 0.3) is 0 Å². The Morgan fingerprint density at radius 3 is 2.36 bits per heavy atom. The lowest BCUT2D eigenvalue weighted by Gasteiger charge is -2.18. The zero-order valence-corrected chi connectivity index (χ0v) is 12.9. The Morgan fingerprint density at radius 2 is 1.86 bits per heavy atom. The van der Waals surface area contributed by atoms with Crippen molar-refractivity contribution in [3.05, 3.63) is 35.4 Å². The summed E-state index contributed by atoms with van der Waals surface area (Å²) in [4.78, 5) is 23.0. The van der Waals surface area contributed by atoms with E-state index in [9.17, 15) is 18.4 Å². The van der Waals surface area contributed by atoms with Crippen molar-refractivity contribution in [3.63, 3.8) is 0 Å². The molecule has 0 saturated carbocycles. The summed E-state index contributed by atoms with van der Waals surface area (Å²) >= 11 is 0. The Bertz CT molecular complexity index is 546. The van der Waals surface area contributed by atoms with E-state index in [0.29, 0.717) is 6.42 Å². The van der Waals surface area contributed by atoms with E-state index in [1.807, 2.05) is 13.8 Å². The number of rotatable bonds is 7. The third-order valence-corrected chi connectivity index (χ3v) is 3.33. The van der Waals surface area contributed by atoms with Gasteiger partial charge in [0.1, 0.15) is 17.7 Å². The van der Waals surface area contributed by atoms with Gasteiger partial charge in [-0.2, -0.15) is 0 Å². The highest BCUT2D eigenvalue weighted by atomic mass is 19.1. The van der Waals surface area contributed by atoms with E-state index < -0.39 is 35.5 Å². The van der Waals surface area contributed by atoms with Crippen LogP contribution in [0, 0.1) is 17.6 Å². The molecular formula is C16H21F2NO3. The first kappa shape index (κ1) is 18.1. The maximum Gasteiger partial charge on any atom is 0.326 e. The molecule has 0 fully saturated rings. The fraction of sp³-hybridized carbons (Fsp3) is 0.500. The second-order valence-electron chi connectivity index (χ2n) is 5.86. The van der Waals surface area contributed by atoms with Gasteiger partial charge in [0, 0.05) is 12.5 Å². The van der Waals surface area contributed by atoms with Crippen LogP contribution in [-0.2, 0) is 9.59 Å². The van der Waals surface area contributed by atoms with Crippen molar-refractivity contribution in [2.24, 2.45) is 5.92 Å². The highest BCUT2D eigenvalue weighted by Gasteiger charge is 2.23. The predicted molar refractivity (Wildman–Crippen MR) is 78.4 cm³/mol. The van der Waals surface area contributed by atoms with E-state index in [1.165, 1.54) is 6.07 Å². The van der Waals surface area contributed by atoms with Crippen molar-refractivity contribution in [1.29, 1.82) is 0 Å². The molecule has 122 valence electrons. The van der Waals surface area contributed by atoms with Crippen molar-refractivity contribution in [1.82, 2.24) is 5.32 Å². The van der Waals surface area contributed by atoms with E-state index in [1.54, 1.807) is 6.92 Å². The molecule has 0 bridgehead atoms. The monoisotopic (exact) mass is 313 g/mol. The normalized spacial score (nSPS) is 13.7. The summed E-state index contributed by atoms with van der Waals surface area (Å²) in [5, 5.41) is 11.5. The zero-order valence-electron chi connectivity index (χ0n) is 12.9. The van der Waals surface area contributed by atoms with Crippen LogP contribution in [0.3, 0.4) is 0 Å². The van der Waals surface area contributed by atoms with E-state index >= 15 is 0 Å². The minimum atomic E-state index is -1.09. The molecule has 1 aromatic rings. The lowest BCUT2D eigenvalue weighted by molar-refractivity contribution is -0.142. The Kier molecular flexibility index (Phi) is 6.46. The number of carbonyl (C=O) groups excluding carboxylic acids is 1. The maximum absolute atomic E-state index is 13.6. The Hall–Kier alpha value is -1.98. The standard InChI is InChI=1S/C16H21F2NO3/c1-9(2)6-14(16(21)22)19-15(20)7-10(3)12-5-4-11(17)8-13(12)18/h4-5,8-10,14H,6-7H2,1-3H3,(H,19,20)(H,21,22). The lowest BCUT2D eigenvalue weighted by Crippen LogP contribution is -2.42.